The van der Waals surface area contributed by atoms with Crippen LogP contribution in [0.15, 0.2) is 30.3 Å². The zero-order valence-corrected chi connectivity index (χ0v) is 11.8. The van der Waals surface area contributed by atoms with Crippen LogP contribution in [0.2, 0.25) is 18.6 Å². The van der Waals surface area contributed by atoms with Crippen LogP contribution in [0.5, 0.6) is 0 Å². The summed E-state index contributed by atoms with van der Waals surface area (Å²) < 4.78 is 0. The third kappa shape index (κ3) is 3.05. The Bertz CT molecular complexity index is 343. The van der Waals surface area contributed by atoms with E-state index in [1.807, 2.05) is 6.92 Å². The average molecular weight is 234 g/mol. The summed E-state index contributed by atoms with van der Waals surface area (Å²) >= 11 is 0. The van der Waals surface area contributed by atoms with Gasteiger partial charge in [0.25, 0.3) is 0 Å². The number of carbonyl (C=O) groups is 1. The molecule has 0 aliphatic rings. The fourth-order valence-corrected chi connectivity index (χ4v) is 4.25. The van der Waals surface area contributed by atoms with Gasteiger partial charge in [-0.3, -0.25) is 4.79 Å². The van der Waals surface area contributed by atoms with Gasteiger partial charge in [-0.1, -0.05) is 62.5 Å². The molecule has 0 saturated heterocycles. The van der Waals surface area contributed by atoms with Gasteiger partial charge < -0.3 is 0 Å². The van der Waals surface area contributed by atoms with E-state index in [0.717, 1.165) is 6.42 Å². The van der Waals surface area contributed by atoms with Gasteiger partial charge in [0.2, 0.25) is 0 Å². The molecule has 2 heteroatoms. The molecule has 88 valence electrons. The third-order valence-corrected chi connectivity index (χ3v) is 8.17. The van der Waals surface area contributed by atoms with Crippen LogP contribution in [0.3, 0.4) is 0 Å². The molecule has 0 spiro atoms. The smallest absolute Gasteiger partial charge is 0.132 e. The molecule has 1 aromatic carbocycles. The van der Waals surface area contributed by atoms with Crippen molar-refractivity contribution in [3.63, 3.8) is 0 Å². The maximum absolute atomic E-state index is 11.5. The van der Waals surface area contributed by atoms with E-state index in [9.17, 15) is 4.79 Å². The minimum absolute atomic E-state index is 0.393. The number of hydrogen-bond acceptors (Lipinski definition) is 1. The van der Waals surface area contributed by atoms with Gasteiger partial charge in [-0.2, -0.15) is 0 Å². The van der Waals surface area contributed by atoms with Crippen molar-refractivity contribution in [1.29, 1.82) is 0 Å². The van der Waals surface area contributed by atoms with Gasteiger partial charge in [-0.25, -0.2) is 0 Å². The highest BCUT2D eigenvalue weighted by molar-refractivity contribution is 6.91. The molecule has 1 rings (SSSR count). The predicted molar refractivity (Wildman–Crippen MR) is 72.9 cm³/mol. The first-order valence-corrected chi connectivity index (χ1v) is 9.13. The number of hydrogen-bond donors (Lipinski definition) is 0. The largest absolute Gasteiger partial charge is 0.300 e. The summed E-state index contributed by atoms with van der Waals surface area (Å²) in [6.07, 6.45) is 1.41. The van der Waals surface area contributed by atoms with Crippen molar-refractivity contribution in [3.05, 3.63) is 30.3 Å². The van der Waals surface area contributed by atoms with Gasteiger partial charge in [-0.05, 0) is 5.54 Å². The van der Waals surface area contributed by atoms with Crippen LogP contribution >= 0.6 is 0 Å². The Hall–Kier alpha value is -0.893. The Morgan fingerprint density at radius 1 is 1.25 bits per heavy atom. The summed E-state index contributed by atoms with van der Waals surface area (Å²) in [5.74, 6) is 0.393. The van der Waals surface area contributed by atoms with Crippen molar-refractivity contribution >= 4 is 19.0 Å². The van der Waals surface area contributed by atoms with E-state index < -0.39 is 8.07 Å². The monoisotopic (exact) mass is 234 g/mol. The number of ketones is 1. The second-order valence-corrected chi connectivity index (χ2v) is 10.1. The Labute approximate surface area is 99.9 Å². The summed E-state index contributed by atoms with van der Waals surface area (Å²) in [5, 5.41) is 1.45. The van der Waals surface area contributed by atoms with Crippen molar-refractivity contribution < 1.29 is 4.79 Å². The molecule has 1 nitrogen and oxygen atoms in total. The van der Waals surface area contributed by atoms with E-state index in [2.05, 4.69) is 50.3 Å². The number of Topliss-reactive ketones (excluding diaryl/α,β-unsaturated/α-hetero) is 1. The molecule has 0 fully saturated rings. The molecule has 0 aliphatic heterocycles. The molecule has 0 aliphatic carbocycles. The van der Waals surface area contributed by atoms with Gasteiger partial charge in [0, 0.05) is 12.8 Å². The summed E-state index contributed by atoms with van der Waals surface area (Å²) in [4.78, 5) is 11.5. The molecule has 16 heavy (non-hydrogen) atoms. The molecule has 1 unspecified atom stereocenters. The quantitative estimate of drug-likeness (QED) is 0.714. The van der Waals surface area contributed by atoms with Crippen LogP contribution < -0.4 is 5.19 Å². The minimum atomic E-state index is -1.48. The standard InChI is InChI=1S/C14H22OSi/c1-5-13(15)11-12(2)16(3,4)14-9-7-6-8-10-14/h6-10,12H,5,11H2,1-4H3. The lowest BCUT2D eigenvalue weighted by Crippen LogP contribution is -2.45. The Morgan fingerprint density at radius 3 is 2.31 bits per heavy atom. The first kappa shape index (κ1) is 13.2. The van der Waals surface area contributed by atoms with Gasteiger partial charge in [0.1, 0.15) is 5.78 Å². The van der Waals surface area contributed by atoms with Crippen molar-refractivity contribution in [2.24, 2.45) is 0 Å². The molecule has 0 aromatic heterocycles. The number of carbonyl (C=O) groups excluding carboxylic acids is 1. The molecule has 0 saturated carbocycles. The Morgan fingerprint density at radius 2 is 1.81 bits per heavy atom. The van der Waals surface area contributed by atoms with E-state index >= 15 is 0 Å². The minimum Gasteiger partial charge on any atom is -0.300 e. The van der Waals surface area contributed by atoms with Crippen molar-refractivity contribution in [3.8, 4) is 0 Å². The zero-order chi connectivity index (χ0) is 12.2. The second-order valence-electron chi connectivity index (χ2n) is 5.09. The van der Waals surface area contributed by atoms with Gasteiger partial charge >= 0.3 is 0 Å². The average Bonchev–Trinajstić information content (AvgIpc) is 2.29. The summed E-state index contributed by atoms with van der Waals surface area (Å²) in [5.41, 5.74) is 0.516. The van der Waals surface area contributed by atoms with Crippen molar-refractivity contribution in [1.82, 2.24) is 0 Å². The SMILES string of the molecule is CCC(=O)CC(C)[Si](C)(C)c1ccccc1. The fourth-order valence-electron chi connectivity index (χ4n) is 1.89. The van der Waals surface area contributed by atoms with Crippen molar-refractivity contribution in [2.45, 2.75) is 45.3 Å². The highest BCUT2D eigenvalue weighted by atomic mass is 28.3. The van der Waals surface area contributed by atoms with Crippen LogP contribution in [0.4, 0.5) is 0 Å². The highest BCUT2D eigenvalue weighted by Gasteiger charge is 2.31. The Balaban J connectivity index is 2.81. The topological polar surface area (TPSA) is 17.1 Å². The summed E-state index contributed by atoms with van der Waals surface area (Å²) in [6.45, 7) is 8.89. The van der Waals surface area contributed by atoms with Crippen molar-refractivity contribution in [2.75, 3.05) is 0 Å². The number of rotatable bonds is 5. The van der Waals surface area contributed by atoms with Gasteiger partial charge in [0.15, 0.2) is 0 Å². The molecular weight excluding hydrogens is 212 g/mol. The second kappa shape index (κ2) is 5.44. The molecule has 0 bridgehead atoms. The van der Waals surface area contributed by atoms with Crippen LogP contribution in [0, 0.1) is 0 Å². The maximum Gasteiger partial charge on any atom is 0.132 e. The Kier molecular flexibility index (Phi) is 4.48. The lowest BCUT2D eigenvalue weighted by molar-refractivity contribution is -0.118. The fraction of sp³-hybridized carbons (Fsp3) is 0.500. The molecule has 0 N–H and O–H groups in total. The molecule has 0 amide bonds. The van der Waals surface area contributed by atoms with Crippen LogP contribution in [-0.2, 0) is 4.79 Å². The zero-order valence-electron chi connectivity index (χ0n) is 10.8. The van der Waals surface area contributed by atoms with Gasteiger partial charge in [0.05, 0.1) is 8.07 Å². The maximum atomic E-state index is 11.5. The van der Waals surface area contributed by atoms with Crippen LogP contribution in [0.1, 0.15) is 26.7 Å². The molecule has 0 radical (unpaired) electrons. The highest BCUT2D eigenvalue weighted by Crippen LogP contribution is 2.25. The first-order chi connectivity index (χ1) is 7.48. The van der Waals surface area contributed by atoms with Crippen LogP contribution in [-0.4, -0.2) is 13.9 Å². The molecule has 1 aromatic rings. The molecular formula is C14H22OSi. The molecule has 0 heterocycles. The van der Waals surface area contributed by atoms with Gasteiger partial charge in [-0.15, -0.1) is 0 Å². The molecule has 1 atom stereocenters. The normalized spacial score (nSPS) is 13.5. The van der Waals surface area contributed by atoms with Crippen LogP contribution in [0.25, 0.3) is 0 Å². The predicted octanol–water partition coefficient (Wildman–Crippen LogP) is 3.36. The van der Waals surface area contributed by atoms with E-state index in [1.54, 1.807) is 0 Å². The van der Waals surface area contributed by atoms with E-state index in [-0.39, 0.29) is 0 Å². The number of benzene rings is 1. The third-order valence-electron chi connectivity index (χ3n) is 3.68. The van der Waals surface area contributed by atoms with E-state index in [4.69, 9.17) is 0 Å². The lowest BCUT2D eigenvalue weighted by Gasteiger charge is -2.29. The van der Waals surface area contributed by atoms with E-state index in [1.165, 1.54) is 5.19 Å². The summed E-state index contributed by atoms with van der Waals surface area (Å²) in [7, 11) is -1.48. The lowest BCUT2D eigenvalue weighted by atomic mass is 10.2. The summed E-state index contributed by atoms with van der Waals surface area (Å²) in [6, 6.07) is 10.7. The van der Waals surface area contributed by atoms with E-state index in [0.29, 0.717) is 17.7 Å². The first-order valence-electron chi connectivity index (χ1n) is 6.05.